The van der Waals surface area contributed by atoms with Crippen LogP contribution in [0.25, 0.3) is 0 Å². The van der Waals surface area contributed by atoms with E-state index < -0.39 is 0 Å². The quantitative estimate of drug-likeness (QED) is 0.135. The summed E-state index contributed by atoms with van der Waals surface area (Å²) in [4.78, 5) is 12.7. The SMILES string of the molecule is CCCCCCCCCCCCCCC(=O)OC(CO[C@]12CC(C)CCC1C2(C)C)C[N+](C)(C)C.[Cl-]. The van der Waals surface area contributed by atoms with E-state index in [2.05, 4.69) is 48.8 Å². The lowest BCUT2D eigenvalue weighted by molar-refractivity contribution is -0.873. The van der Waals surface area contributed by atoms with Crippen LogP contribution in [0.15, 0.2) is 0 Å². The van der Waals surface area contributed by atoms with Crippen molar-refractivity contribution in [2.75, 3.05) is 34.3 Å². The summed E-state index contributed by atoms with van der Waals surface area (Å²) >= 11 is 0. The minimum atomic E-state index is -0.163. The van der Waals surface area contributed by atoms with Crippen molar-refractivity contribution >= 4 is 5.97 Å². The summed E-state index contributed by atoms with van der Waals surface area (Å²) in [6.07, 6.45) is 19.8. The van der Waals surface area contributed by atoms with Crippen molar-refractivity contribution in [3.63, 3.8) is 0 Å². The van der Waals surface area contributed by atoms with Crippen molar-refractivity contribution in [3.8, 4) is 0 Å². The smallest absolute Gasteiger partial charge is 0.306 e. The van der Waals surface area contributed by atoms with E-state index in [1.54, 1.807) is 0 Å². The highest BCUT2D eigenvalue weighted by Crippen LogP contribution is 2.70. The number of unbranched alkanes of at least 4 members (excludes halogenated alkanes) is 11. The number of hydrogen-bond acceptors (Lipinski definition) is 3. The predicted molar refractivity (Wildman–Crippen MR) is 147 cm³/mol. The van der Waals surface area contributed by atoms with Gasteiger partial charge in [-0.3, -0.25) is 4.79 Å². The zero-order valence-corrected chi connectivity index (χ0v) is 25.8. The van der Waals surface area contributed by atoms with Crippen molar-refractivity contribution in [2.45, 2.75) is 142 Å². The second-order valence-electron chi connectivity index (χ2n) is 13.6. The van der Waals surface area contributed by atoms with Crippen molar-refractivity contribution < 1.29 is 31.2 Å². The van der Waals surface area contributed by atoms with Gasteiger partial charge in [0.2, 0.25) is 0 Å². The van der Waals surface area contributed by atoms with Crippen molar-refractivity contribution in [2.24, 2.45) is 17.3 Å². The van der Waals surface area contributed by atoms with Crippen LogP contribution in [0.2, 0.25) is 0 Å². The van der Waals surface area contributed by atoms with Crippen LogP contribution in [0.4, 0.5) is 0 Å². The van der Waals surface area contributed by atoms with E-state index >= 15 is 0 Å². The lowest BCUT2D eigenvalue weighted by Gasteiger charge is -2.32. The van der Waals surface area contributed by atoms with Gasteiger partial charge in [-0.25, -0.2) is 0 Å². The maximum absolute atomic E-state index is 12.7. The Bertz CT molecular complexity index is 617. The van der Waals surface area contributed by atoms with E-state index in [1.807, 2.05) is 0 Å². The molecule has 4 atom stereocenters. The molecule has 0 bridgehead atoms. The molecule has 2 rings (SSSR count). The Kier molecular flexibility index (Phi) is 14.9. The van der Waals surface area contributed by atoms with Gasteiger partial charge in [-0.05, 0) is 36.5 Å². The molecule has 2 saturated carbocycles. The summed E-state index contributed by atoms with van der Waals surface area (Å²) in [7, 11) is 6.49. The van der Waals surface area contributed by atoms with Gasteiger partial charge in [0.15, 0.2) is 6.10 Å². The van der Waals surface area contributed by atoms with E-state index in [0.29, 0.717) is 18.9 Å². The molecule has 4 nitrogen and oxygen atoms in total. The maximum Gasteiger partial charge on any atom is 0.306 e. The molecule has 214 valence electrons. The normalized spacial score (nSPS) is 25.5. The third kappa shape index (κ3) is 10.8. The van der Waals surface area contributed by atoms with E-state index in [4.69, 9.17) is 9.47 Å². The number of nitrogens with zero attached hydrogens (tertiary/aromatic N) is 1. The third-order valence-electron chi connectivity index (χ3n) is 8.85. The highest BCUT2D eigenvalue weighted by Gasteiger charge is 2.73. The molecule has 5 heteroatoms. The van der Waals surface area contributed by atoms with Gasteiger partial charge in [-0.1, -0.05) is 105 Å². The van der Waals surface area contributed by atoms with Crippen molar-refractivity contribution in [1.82, 2.24) is 0 Å². The third-order valence-corrected chi connectivity index (χ3v) is 8.85. The monoisotopic (exact) mass is 529 g/mol. The first-order valence-corrected chi connectivity index (χ1v) is 15.2. The first-order chi connectivity index (χ1) is 16.5. The average molecular weight is 530 g/mol. The summed E-state index contributed by atoms with van der Waals surface area (Å²) in [5.41, 5.74) is 0.244. The number of quaternary nitrogens is 1. The fourth-order valence-corrected chi connectivity index (χ4v) is 6.67. The number of hydrogen-bond donors (Lipinski definition) is 0. The minimum Gasteiger partial charge on any atom is -1.00 e. The Labute approximate surface area is 230 Å². The Balaban J connectivity index is 0.00000648. The molecule has 36 heavy (non-hydrogen) atoms. The van der Waals surface area contributed by atoms with Gasteiger partial charge in [0, 0.05) is 6.42 Å². The Hall–Kier alpha value is -0.320. The molecule has 0 heterocycles. The fraction of sp³-hybridized carbons (Fsp3) is 0.968. The fourth-order valence-electron chi connectivity index (χ4n) is 6.67. The van der Waals surface area contributed by atoms with Crippen LogP contribution in [0.1, 0.15) is 130 Å². The van der Waals surface area contributed by atoms with Crippen LogP contribution in [0, 0.1) is 17.3 Å². The van der Waals surface area contributed by atoms with Crippen molar-refractivity contribution in [3.05, 3.63) is 0 Å². The van der Waals surface area contributed by atoms with Gasteiger partial charge in [0.05, 0.1) is 33.4 Å². The molecule has 0 spiro atoms. The molecule has 0 aromatic rings. The van der Waals surface area contributed by atoms with Crippen LogP contribution in [0.3, 0.4) is 0 Å². The zero-order chi connectivity index (χ0) is 26.0. The number of likely N-dealkylation sites (N-methyl/N-ethyl adjacent to an activating group) is 1. The Morgan fingerprint density at radius 3 is 1.94 bits per heavy atom. The topological polar surface area (TPSA) is 35.5 Å². The molecule has 2 aliphatic carbocycles. The van der Waals surface area contributed by atoms with E-state index in [0.717, 1.165) is 36.2 Å². The second kappa shape index (κ2) is 15.9. The maximum atomic E-state index is 12.7. The summed E-state index contributed by atoms with van der Waals surface area (Å²) in [5.74, 6) is 1.34. The van der Waals surface area contributed by atoms with Crippen LogP contribution in [-0.4, -0.2) is 56.5 Å². The first kappa shape index (κ1) is 33.7. The second-order valence-corrected chi connectivity index (χ2v) is 13.6. The molecule has 0 radical (unpaired) electrons. The lowest BCUT2D eigenvalue weighted by Crippen LogP contribution is -3.00. The van der Waals surface area contributed by atoms with Gasteiger partial charge in [0.1, 0.15) is 6.54 Å². The molecule has 0 N–H and O–H groups in total. The Morgan fingerprint density at radius 1 is 0.889 bits per heavy atom. The van der Waals surface area contributed by atoms with E-state index in [9.17, 15) is 4.79 Å². The molecule has 2 aliphatic rings. The van der Waals surface area contributed by atoms with Gasteiger partial charge in [0.25, 0.3) is 0 Å². The molecule has 2 fully saturated rings. The Morgan fingerprint density at radius 2 is 1.42 bits per heavy atom. The molecule has 3 unspecified atom stereocenters. The number of rotatable bonds is 19. The number of esters is 1. The zero-order valence-electron chi connectivity index (χ0n) is 25.0. The largest absolute Gasteiger partial charge is 1.00 e. The molecular formula is C31H60ClNO3. The van der Waals surface area contributed by atoms with Gasteiger partial charge in [-0.15, -0.1) is 0 Å². The van der Waals surface area contributed by atoms with Crippen molar-refractivity contribution in [1.29, 1.82) is 0 Å². The van der Waals surface area contributed by atoms with Crippen LogP contribution in [-0.2, 0) is 14.3 Å². The first-order valence-electron chi connectivity index (χ1n) is 15.2. The highest BCUT2D eigenvalue weighted by molar-refractivity contribution is 5.69. The summed E-state index contributed by atoms with van der Waals surface area (Å²) in [6, 6.07) is 0. The predicted octanol–water partition coefficient (Wildman–Crippen LogP) is 4.93. The number of carbonyl (C=O) groups excluding carboxylic acids is 1. The van der Waals surface area contributed by atoms with Crippen LogP contribution >= 0.6 is 0 Å². The van der Waals surface area contributed by atoms with Gasteiger partial charge >= 0.3 is 5.97 Å². The molecule has 0 saturated heterocycles. The number of carbonyl (C=O) groups is 1. The minimum absolute atomic E-state index is 0. The summed E-state index contributed by atoms with van der Waals surface area (Å²) < 4.78 is 13.4. The van der Waals surface area contributed by atoms with Crippen LogP contribution in [0.5, 0.6) is 0 Å². The number of ether oxygens (including phenoxy) is 2. The number of fused-ring (bicyclic) bond motifs is 1. The highest BCUT2D eigenvalue weighted by atomic mass is 35.5. The summed E-state index contributed by atoms with van der Waals surface area (Å²) in [5, 5.41) is 0. The molecule has 0 aromatic heterocycles. The van der Waals surface area contributed by atoms with Gasteiger partial charge in [-0.2, -0.15) is 0 Å². The molecule has 0 amide bonds. The average Bonchev–Trinajstić information content (AvgIpc) is 3.25. The van der Waals surface area contributed by atoms with E-state index in [-0.39, 0.29) is 35.5 Å². The van der Waals surface area contributed by atoms with Gasteiger partial charge < -0.3 is 26.4 Å². The van der Waals surface area contributed by atoms with Crippen LogP contribution < -0.4 is 12.4 Å². The number of halogens is 1. The lowest BCUT2D eigenvalue weighted by atomic mass is 9.88. The molecule has 0 aromatic carbocycles. The van der Waals surface area contributed by atoms with E-state index in [1.165, 1.54) is 77.0 Å². The molecular weight excluding hydrogens is 470 g/mol. The standard InChI is InChI=1S/C31H60NO3.ClH/c1-8-9-10-11-12-13-14-15-16-17-18-19-20-29(33)35-27(24-32(5,6)7)25-34-31-23-26(2)21-22-28(31)30(31,3)4;/h26-28H,8-25H2,1-7H3;1H/q+1;/p-1/t26?,27?,28?,31-;/m1./s1. The molecule has 0 aliphatic heterocycles. The summed E-state index contributed by atoms with van der Waals surface area (Å²) in [6.45, 7) is 10.7.